The van der Waals surface area contributed by atoms with Crippen molar-refractivity contribution in [3.63, 3.8) is 0 Å². The summed E-state index contributed by atoms with van der Waals surface area (Å²) < 4.78 is 11.0. The fraction of sp³-hybridized carbons (Fsp3) is 0.417. The smallest absolute Gasteiger partial charge is 0.338 e. The van der Waals surface area contributed by atoms with Crippen LogP contribution in [0.25, 0.3) is 0 Å². The molecule has 1 unspecified atom stereocenters. The van der Waals surface area contributed by atoms with Crippen molar-refractivity contribution in [2.75, 3.05) is 13.2 Å². The summed E-state index contributed by atoms with van der Waals surface area (Å²) in [5.41, 5.74) is 2.35. The van der Waals surface area contributed by atoms with Crippen LogP contribution in [0.2, 0.25) is 0 Å². The summed E-state index contributed by atoms with van der Waals surface area (Å²) in [6.07, 6.45) is 6.24. The van der Waals surface area contributed by atoms with E-state index < -0.39 is 0 Å². The summed E-state index contributed by atoms with van der Waals surface area (Å²) in [5.74, 6) is 0.970. The molecular weight excluding hydrogens is 350 g/mol. The first-order valence-corrected chi connectivity index (χ1v) is 10.2. The van der Waals surface area contributed by atoms with Gasteiger partial charge in [0.15, 0.2) is 0 Å². The minimum absolute atomic E-state index is 0.279. The van der Waals surface area contributed by atoms with Crippen LogP contribution in [-0.4, -0.2) is 25.4 Å². The van der Waals surface area contributed by atoms with Crippen LogP contribution < -0.4 is 4.74 Å². The Bertz CT molecular complexity index is 735. The van der Waals surface area contributed by atoms with Gasteiger partial charge < -0.3 is 9.47 Å². The molecule has 150 valence electrons. The van der Waals surface area contributed by atoms with E-state index in [1.165, 1.54) is 12.8 Å². The summed E-state index contributed by atoms with van der Waals surface area (Å²) in [6.45, 7) is 7.54. The quantitative estimate of drug-likeness (QED) is 0.264. The SMILES string of the molecule is CCCCCOc1ccc(N=Cc2ccc(C(=O)OCC(C)CC)cc2)cc1. The van der Waals surface area contributed by atoms with Gasteiger partial charge >= 0.3 is 5.97 Å². The van der Waals surface area contributed by atoms with Gasteiger partial charge in [-0.1, -0.05) is 52.2 Å². The summed E-state index contributed by atoms with van der Waals surface area (Å²) in [7, 11) is 0. The Morgan fingerprint density at radius 1 is 1.04 bits per heavy atom. The highest BCUT2D eigenvalue weighted by Crippen LogP contribution is 2.18. The average Bonchev–Trinajstić information content (AvgIpc) is 2.74. The van der Waals surface area contributed by atoms with Crippen molar-refractivity contribution >= 4 is 17.9 Å². The van der Waals surface area contributed by atoms with Crippen LogP contribution in [0.4, 0.5) is 5.69 Å². The van der Waals surface area contributed by atoms with Gasteiger partial charge in [-0.15, -0.1) is 0 Å². The van der Waals surface area contributed by atoms with Crippen molar-refractivity contribution < 1.29 is 14.3 Å². The van der Waals surface area contributed by atoms with Crippen molar-refractivity contribution in [3.8, 4) is 5.75 Å². The lowest BCUT2D eigenvalue weighted by atomic mass is 10.1. The molecule has 0 aliphatic heterocycles. The van der Waals surface area contributed by atoms with E-state index in [1.54, 1.807) is 18.3 Å². The first-order chi connectivity index (χ1) is 13.6. The number of carbonyl (C=O) groups is 1. The van der Waals surface area contributed by atoms with Gasteiger partial charge in [-0.25, -0.2) is 4.79 Å². The normalized spacial score (nSPS) is 12.1. The van der Waals surface area contributed by atoms with Crippen LogP contribution in [0.1, 0.15) is 62.4 Å². The Labute approximate surface area is 168 Å². The molecule has 0 saturated heterocycles. The van der Waals surface area contributed by atoms with E-state index in [2.05, 4.69) is 25.8 Å². The number of nitrogens with zero attached hydrogens (tertiary/aromatic N) is 1. The second kappa shape index (κ2) is 12.0. The first kappa shape index (κ1) is 21.7. The lowest BCUT2D eigenvalue weighted by molar-refractivity contribution is 0.0447. The minimum atomic E-state index is -0.279. The number of benzene rings is 2. The first-order valence-electron chi connectivity index (χ1n) is 10.2. The van der Waals surface area contributed by atoms with Crippen LogP contribution in [-0.2, 0) is 4.74 Å². The topological polar surface area (TPSA) is 47.9 Å². The molecule has 2 aromatic carbocycles. The van der Waals surface area contributed by atoms with E-state index in [-0.39, 0.29) is 5.97 Å². The summed E-state index contributed by atoms with van der Waals surface area (Å²) >= 11 is 0. The number of esters is 1. The summed E-state index contributed by atoms with van der Waals surface area (Å²) in [5, 5.41) is 0. The van der Waals surface area contributed by atoms with Gasteiger partial charge in [-0.3, -0.25) is 4.99 Å². The van der Waals surface area contributed by atoms with Crippen LogP contribution >= 0.6 is 0 Å². The van der Waals surface area contributed by atoms with Gasteiger partial charge in [0.2, 0.25) is 0 Å². The third kappa shape index (κ3) is 7.55. The predicted octanol–water partition coefficient (Wildman–Crippen LogP) is 6.21. The maximum Gasteiger partial charge on any atom is 0.338 e. The molecule has 0 radical (unpaired) electrons. The molecule has 0 heterocycles. The number of ether oxygens (including phenoxy) is 2. The van der Waals surface area contributed by atoms with Crippen molar-refractivity contribution in [3.05, 3.63) is 59.7 Å². The molecule has 4 nitrogen and oxygen atoms in total. The molecule has 0 aliphatic carbocycles. The molecule has 0 N–H and O–H groups in total. The largest absolute Gasteiger partial charge is 0.494 e. The number of hydrogen-bond donors (Lipinski definition) is 0. The second-order valence-corrected chi connectivity index (χ2v) is 7.04. The highest BCUT2D eigenvalue weighted by atomic mass is 16.5. The van der Waals surface area contributed by atoms with E-state index in [0.717, 1.165) is 36.4 Å². The third-order valence-electron chi connectivity index (χ3n) is 4.56. The lowest BCUT2D eigenvalue weighted by Crippen LogP contribution is -2.11. The highest BCUT2D eigenvalue weighted by Gasteiger charge is 2.08. The van der Waals surface area contributed by atoms with Crippen LogP contribution in [0, 0.1) is 5.92 Å². The molecule has 2 aromatic rings. The number of carbonyl (C=O) groups excluding carboxylic acids is 1. The zero-order valence-electron chi connectivity index (χ0n) is 17.2. The molecule has 2 rings (SSSR count). The van der Waals surface area contributed by atoms with Gasteiger partial charge in [0, 0.05) is 6.21 Å². The predicted molar refractivity (Wildman–Crippen MR) is 115 cm³/mol. The van der Waals surface area contributed by atoms with E-state index >= 15 is 0 Å². The fourth-order valence-corrected chi connectivity index (χ4v) is 2.44. The zero-order valence-corrected chi connectivity index (χ0v) is 17.2. The number of aliphatic imine (C=N–C) groups is 1. The average molecular weight is 382 g/mol. The molecular formula is C24H31NO3. The second-order valence-electron chi connectivity index (χ2n) is 7.04. The van der Waals surface area contributed by atoms with Crippen molar-refractivity contribution in [1.29, 1.82) is 0 Å². The number of rotatable bonds is 11. The monoisotopic (exact) mass is 381 g/mol. The molecule has 0 saturated carbocycles. The molecule has 4 heteroatoms. The molecule has 0 aliphatic rings. The van der Waals surface area contributed by atoms with Gasteiger partial charge in [0.05, 0.1) is 24.5 Å². The van der Waals surface area contributed by atoms with E-state index in [9.17, 15) is 4.79 Å². The molecule has 0 bridgehead atoms. The van der Waals surface area contributed by atoms with Gasteiger partial charge in [-0.2, -0.15) is 0 Å². The molecule has 0 amide bonds. The Morgan fingerprint density at radius 2 is 1.75 bits per heavy atom. The summed E-state index contributed by atoms with van der Waals surface area (Å²) in [4.78, 5) is 16.5. The molecule has 0 spiro atoms. The molecule has 1 atom stereocenters. The lowest BCUT2D eigenvalue weighted by Gasteiger charge is -2.09. The van der Waals surface area contributed by atoms with Crippen molar-refractivity contribution in [2.45, 2.75) is 46.5 Å². The Kier molecular flexibility index (Phi) is 9.26. The zero-order chi connectivity index (χ0) is 20.2. The van der Waals surface area contributed by atoms with Crippen LogP contribution in [0.3, 0.4) is 0 Å². The third-order valence-corrected chi connectivity index (χ3v) is 4.56. The molecule has 0 aromatic heterocycles. The van der Waals surface area contributed by atoms with Crippen molar-refractivity contribution in [1.82, 2.24) is 0 Å². The van der Waals surface area contributed by atoms with Crippen LogP contribution in [0.15, 0.2) is 53.5 Å². The standard InChI is InChI=1S/C24H31NO3/c1-4-6-7-16-27-23-14-12-22(13-15-23)25-17-20-8-10-21(11-9-20)24(26)28-18-19(3)5-2/h8-15,17,19H,4-7,16,18H2,1-3H3. The minimum Gasteiger partial charge on any atom is -0.494 e. The maximum absolute atomic E-state index is 12.0. The van der Waals surface area contributed by atoms with Gasteiger partial charge in [0.25, 0.3) is 0 Å². The van der Waals surface area contributed by atoms with Gasteiger partial charge in [0.1, 0.15) is 5.75 Å². The summed E-state index contributed by atoms with van der Waals surface area (Å²) in [6, 6.07) is 15.0. The van der Waals surface area contributed by atoms with E-state index in [4.69, 9.17) is 9.47 Å². The Balaban J connectivity index is 1.85. The van der Waals surface area contributed by atoms with E-state index in [1.807, 2.05) is 36.4 Å². The Hall–Kier alpha value is -2.62. The Morgan fingerprint density at radius 3 is 2.39 bits per heavy atom. The van der Waals surface area contributed by atoms with Crippen molar-refractivity contribution in [2.24, 2.45) is 10.9 Å². The number of hydrogen-bond acceptors (Lipinski definition) is 4. The van der Waals surface area contributed by atoms with E-state index in [0.29, 0.717) is 18.1 Å². The highest BCUT2D eigenvalue weighted by molar-refractivity contribution is 5.91. The number of unbranched alkanes of at least 4 members (excludes halogenated alkanes) is 2. The molecule has 28 heavy (non-hydrogen) atoms. The molecule has 0 fully saturated rings. The fourth-order valence-electron chi connectivity index (χ4n) is 2.44. The van der Waals surface area contributed by atoms with Crippen LogP contribution in [0.5, 0.6) is 5.75 Å². The van der Waals surface area contributed by atoms with Gasteiger partial charge in [-0.05, 0) is 54.3 Å². The maximum atomic E-state index is 12.0.